The van der Waals surface area contributed by atoms with Crippen molar-refractivity contribution in [2.75, 3.05) is 0 Å². The molecule has 0 radical (unpaired) electrons. The number of rotatable bonds is 2. The third kappa shape index (κ3) is 2.07. The fourth-order valence-electron chi connectivity index (χ4n) is 8.16. The standard InChI is InChI=1S/C24H30O8/c1-9-8-23(9)19(29)14-15(28)16(31-10(2)25)18-21(4,5)13(27)7-12-22(18,6)17(14)24(12,30)20(23)32-11(3)26/h9,12,15-16,18,20,28,30H,7-8H2,1-6H3/t9-,12-,15+,16+,18-,20+,22+,23+,24+/m1/s1. The van der Waals surface area contributed by atoms with Crippen molar-refractivity contribution < 1.29 is 38.9 Å². The first-order valence-electron chi connectivity index (χ1n) is 11.3. The SMILES string of the molecule is CC(=O)O[C@@H]1[C@@H]2C(C)(C)C(=O)C[C@@H]3[C@@]2(C)C2=C(C(=O)[C@@]4(C[C@H]4C)[C@H](OC(C)=O)[C@@]23O)[C@@H]1O. The normalized spacial score (nSPS) is 49.9. The number of Topliss-reactive ketones (excluding diaryl/α,β-unsaturated/α-hetero) is 2. The van der Waals surface area contributed by atoms with Gasteiger partial charge in [0.25, 0.3) is 0 Å². The summed E-state index contributed by atoms with van der Waals surface area (Å²) in [7, 11) is 0. The molecule has 32 heavy (non-hydrogen) atoms. The van der Waals surface area contributed by atoms with Crippen LogP contribution in [0.3, 0.4) is 0 Å². The smallest absolute Gasteiger partial charge is 0.303 e. The van der Waals surface area contributed by atoms with Crippen LogP contribution in [-0.2, 0) is 28.7 Å². The van der Waals surface area contributed by atoms with Crippen molar-refractivity contribution in [1.29, 1.82) is 0 Å². The van der Waals surface area contributed by atoms with Gasteiger partial charge in [0.15, 0.2) is 5.78 Å². The van der Waals surface area contributed by atoms with Gasteiger partial charge in [0, 0.05) is 48.5 Å². The molecule has 0 heterocycles. The Balaban J connectivity index is 1.80. The predicted octanol–water partition coefficient (Wildman–Crippen LogP) is 1.11. The second-order valence-corrected chi connectivity index (χ2v) is 11.3. The van der Waals surface area contributed by atoms with Gasteiger partial charge in [0.1, 0.15) is 29.7 Å². The number of aliphatic hydroxyl groups excluding tert-OH is 1. The molecule has 5 aliphatic carbocycles. The molecule has 8 heteroatoms. The maximum atomic E-state index is 13.9. The summed E-state index contributed by atoms with van der Waals surface area (Å²) in [4.78, 5) is 51.2. The average Bonchev–Trinajstić information content (AvgIpc) is 3.34. The molecule has 0 bridgehead atoms. The minimum atomic E-state index is -1.72. The van der Waals surface area contributed by atoms with Crippen LogP contribution in [0.1, 0.15) is 54.4 Å². The molecule has 0 aromatic rings. The number of carbonyl (C=O) groups is 4. The molecule has 5 aliphatic rings. The van der Waals surface area contributed by atoms with E-state index in [1.54, 1.807) is 13.8 Å². The molecule has 8 nitrogen and oxygen atoms in total. The Hall–Kier alpha value is -2.06. The highest BCUT2D eigenvalue weighted by Crippen LogP contribution is 2.79. The Labute approximate surface area is 186 Å². The van der Waals surface area contributed by atoms with Crippen LogP contribution in [-0.4, -0.2) is 57.6 Å². The zero-order valence-corrected chi connectivity index (χ0v) is 19.2. The van der Waals surface area contributed by atoms with Gasteiger partial charge in [-0.2, -0.15) is 0 Å². The van der Waals surface area contributed by atoms with Gasteiger partial charge < -0.3 is 19.7 Å². The van der Waals surface area contributed by atoms with Crippen LogP contribution < -0.4 is 0 Å². The highest BCUT2D eigenvalue weighted by atomic mass is 16.6. The van der Waals surface area contributed by atoms with Crippen LogP contribution >= 0.6 is 0 Å². The molecular weight excluding hydrogens is 416 g/mol. The van der Waals surface area contributed by atoms with Crippen molar-refractivity contribution in [3.63, 3.8) is 0 Å². The Morgan fingerprint density at radius 1 is 1.06 bits per heavy atom. The molecule has 0 aromatic carbocycles. The number of hydrogen-bond donors (Lipinski definition) is 2. The highest BCUT2D eigenvalue weighted by Gasteiger charge is 2.86. The van der Waals surface area contributed by atoms with Crippen LogP contribution in [0, 0.1) is 34.0 Å². The Kier molecular flexibility index (Phi) is 4.01. The van der Waals surface area contributed by atoms with E-state index in [1.165, 1.54) is 13.8 Å². The summed E-state index contributed by atoms with van der Waals surface area (Å²) in [6, 6.07) is 0. The molecule has 0 saturated heterocycles. The zero-order chi connectivity index (χ0) is 23.8. The summed E-state index contributed by atoms with van der Waals surface area (Å²) in [6.45, 7) is 9.70. The average molecular weight is 446 g/mol. The van der Waals surface area contributed by atoms with E-state index in [0.29, 0.717) is 12.0 Å². The lowest BCUT2D eigenvalue weighted by molar-refractivity contribution is -0.271. The van der Waals surface area contributed by atoms with Crippen molar-refractivity contribution in [3.05, 3.63) is 11.1 Å². The molecule has 0 amide bonds. The Morgan fingerprint density at radius 2 is 1.62 bits per heavy atom. The van der Waals surface area contributed by atoms with Crippen molar-refractivity contribution in [1.82, 2.24) is 0 Å². The number of ether oxygens (including phenoxy) is 2. The lowest BCUT2D eigenvalue weighted by atomic mass is 9.30. The van der Waals surface area contributed by atoms with Gasteiger partial charge in [0.2, 0.25) is 0 Å². The molecule has 5 rings (SSSR count). The number of esters is 2. The number of hydrogen-bond acceptors (Lipinski definition) is 8. The number of fused-ring (bicyclic) bond motifs is 1. The summed E-state index contributed by atoms with van der Waals surface area (Å²) in [6.07, 6.45) is -3.23. The second kappa shape index (κ2) is 5.89. The molecule has 2 N–H and O–H groups in total. The molecule has 3 saturated carbocycles. The van der Waals surface area contributed by atoms with Crippen molar-refractivity contribution in [2.24, 2.45) is 34.0 Å². The molecular formula is C24H30O8. The number of aliphatic hydroxyl groups is 2. The van der Waals surface area contributed by atoms with Gasteiger partial charge in [-0.05, 0) is 17.9 Å². The fourth-order valence-corrected chi connectivity index (χ4v) is 8.16. The zero-order valence-electron chi connectivity index (χ0n) is 19.2. The van der Waals surface area contributed by atoms with Crippen molar-refractivity contribution in [2.45, 2.75) is 78.3 Å². The van der Waals surface area contributed by atoms with E-state index in [2.05, 4.69) is 0 Å². The van der Waals surface area contributed by atoms with E-state index in [0.717, 1.165) is 0 Å². The third-order valence-corrected chi connectivity index (χ3v) is 9.41. The summed E-state index contributed by atoms with van der Waals surface area (Å²) in [5, 5.41) is 23.6. The van der Waals surface area contributed by atoms with Gasteiger partial charge in [-0.15, -0.1) is 0 Å². The summed E-state index contributed by atoms with van der Waals surface area (Å²) in [5.74, 6) is -3.14. The summed E-state index contributed by atoms with van der Waals surface area (Å²) < 4.78 is 11.2. The van der Waals surface area contributed by atoms with E-state index in [4.69, 9.17) is 9.47 Å². The van der Waals surface area contributed by atoms with Crippen LogP contribution in [0.25, 0.3) is 0 Å². The third-order valence-electron chi connectivity index (χ3n) is 9.41. The van der Waals surface area contributed by atoms with Crippen molar-refractivity contribution in [3.8, 4) is 0 Å². The number of carbonyl (C=O) groups excluding carboxylic acids is 4. The fraction of sp³-hybridized carbons (Fsp3) is 0.750. The first-order valence-corrected chi connectivity index (χ1v) is 11.3. The minimum absolute atomic E-state index is 0.0482. The maximum Gasteiger partial charge on any atom is 0.303 e. The Bertz CT molecular complexity index is 1030. The van der Waals surface area contributed by atoms with Gasteiger partial charge >= 0.3 is 11.9 Å². The highest BCUT2D eigenvalue weighted by molar-refractivity contribution is 6.08. The monoisotopic (exact) mass is 446 g/mol. The molecule has 0 aliphatic heterocycles. The van der Waals surface area contributed by atoms with E-state index in [-0.39, 0.29) is 29.5 Å². The summed E-state index contributed by atoms with van der Waals surface area (Å²) >= 11 is 0. The Morgan fingerprint density at radius 3 is 2.12 bits per heavy atom. The number of ketones is 2. The quantitative estimate of drug-likeness (QED) is 0.604. The van der Waals surface area contributed by atoms with Gasteiger partial charge in [-0.25, -0.2) is 0 Å². The van der Waals surface area contributed by atoms with Crippen molar-refractivity contribution >= 4 is 23.5 Å². The van der Waals surface area contributed by atoms with Gasteiger partial charge in [0.05, 0.1) is 5.41 Å². The first-order chi connectivity index (χ1) is 14.7. The maximum absolute atomic E-state index is 13.9. The molecule has 9 atom stereocenters. The lowest BCUT2D eigenvalue weighted by Crippen LogP contribution is -2.82. The van der Waals surface area contributed by atoms with Crippen LogP contribution in [0.15, 0.2) is 11.1 Å². The van der Waals surface area contributed by atoms with E-state index >= 15 is 0 Å². The van der Waals surface area contributed by atoms with Crippen LogP contribution in [0.4, 0.5) is 0 Å². The molecule has 3 fully saturated rings. The van der Waals surface area contributed by atoms with Gasteiger partial charge in [-0.1, -0.05) is 27.7 Å². The summed E-state index contributed by atoms with van der Waals surface area (Å²) in [5.41, 5.74) is -4.27. The van der Waals surface area contributed by atoms with E-state index in [1.807, 2.05) is 13.8 Å². The van der Waals surface area contributed by atoms with E-state index < -0.39 is 63.9 Å². The van der Waals surface area contributed by atoms with Gasteiger partial charge in [-0.3, -0.25) is 19.2 Å². The molecule has 1 spiro atoms. The minimum Gasteiger partial charge on any atom is -0.459 e. The van der Waals surface area contributed by atoms with Crippen LogP contribution in [0.2, 0.25) is 0 Å². The van der Waals surface area contributed by atoms with Crippen LogP contribution in [0.5, 0.6) is 0 Å². The first kappa shape index (κ1) is 21.8. The second-order valence-electron chi connectivity index (χ2n) is 11.3. The predicted molar refractivity (Wildman–Crippen MR) is 109 cm³/mol. The van der Waals surface area contributed by atoms with E-state index in [9.17, 15) is 29.4 Å². The lowest BCUT2D eigenvalue weighted by Gasteiger charge is -2.74. The molecule has 174 valence electrons. The molecule has 0 unspecified atom stereocenters. The largest absolute Gasteiger partial charge is 0.459 e. The molecule has 0 aromatic heterocycles. The topological polar surface area (TPSA) is 127 Å².